The average molecular weight is 222 g/mol. The second-order valence-electron chi connectivity index (χ2n) is 3.63. The van der Waals surface area contributed by atoms with Crippen molar-refractivity contribution in [3.05, 3.63) is 33.9 Å². The van der Waals surface area contributed by atoms with E-state index in [0.717, 1.165) is 18.9 Å². The molecule has 5 heteroatoms. The molecule has 0 aliphatic heterocycles. The lowest BCUT2D eigenvalue weighted by atomic mass is 10.1. The summed E-state index contributed by atoms with van der Waals surface area (Å²) in [6, 6.07) is 2.35. The predicted molar refractivity (Wildman–Crippen MR) is 53.4 cm³/mol. The maximum absolute atomic E-state index is 11.8. The lowest BCUT2D eigenvalue weighted by Crippen LogP contribution is -2.15. The summed E-state index contributed by atoms with van der Waals surface area (Å²) in [5.41, 5.74) is -0.629. The molecule has 0 saturated heterocycles. The second-order valence-corrected chi connectivity index (χ2v) is 3.63. The lowest BCUT2D eigenvalue weighted by molar-refractivity contribution is 0.0591. The Hall–Kier alpha value is -1.91. The molecule has 0 amide bonds. The second kappa shape index (κ2) is 3.92. The number of Topliss-reactive ketones (excluding diaryl/α,β-unsaturated/α-hetero) is 1. The summed E-state index contributed by atoms with van der Waals surface area (Å²) in [7, 11) is 1.21. The summed E-state index contributed by atoms with van der Waals surface area (Å²) in [5.74, 6) is -1.26. The molecule has 0 unspecified atom stereocenters. The van der Waals surface area contributed by atoms with Crippen LogP contribution >= 0.6 is 0 Å². The minimum atomic E-state index is -0.673. The summed E-state index contributed by atoms with van der Waals surface area (Å²) in [6.45, 7) is 0. The predicted octanol–water partition coefficient (Wildman–Crippen LogP) is 1.02. The van der Waals surface area contributed by atoms with E-state index in [1.807, 2.05) is 0 Å². The highest BCUT2D eigenvalue weighted by atomic mass is 16.5. The summed E-state index contributed by atoms with van der Waals surface area (Å²) < 4.78 is 9.30. The van der Waals surface area contributed by atoms with E-state index in [9.17, 15) is 14.4 Å². The normalized spacial score (nSPS) is 14.6. The third kappa shape index (κ3) is 1.88. The molecule has 0 atom stereocenters. The molecule has 1 aliphatic carbocycles. The van der Waals surface area contributed by atoms with Gasteiger partial charge in [0.15, 0.2) is 5.76 Å². The molecule has 1 saturated carbocycles. The van der Waals surface area contributed by atoms with Crippen molar-refractivity contribution in [1.82, 2.24) is 0 Å². The maximum atomic E-state index is 11.8. The van der Waals surface area contributed by atoms with E-state index in [1.165, 1.54) is 13.2 Å². The maximum Gasteiger partial charge on any atom is 0.341 e. The Morgan fingerprint density at radius 1 is 1.38 bits per heavy atom. The van der Waals surface area contributed by atoms with Crippen molar-refractivity contribution in [2.45, 2.75) is 12.8 Å². The van der Waals surface area contributed by atoms with E-state index >= 15 is 0 Å². The number of ketones is 1. The molecule has 1 aliphatic rings. The Kier molecular flexibility index (Phi) is 2.60. The number of hydrogen-bond acceptors (Lipinski definition) is 5. The minimum absolute atomic E-state index is 0.0130. The number of ether oxygens (including phenoxy) is 1. The van der Waals surface area contributed by atoms with Gasteiger partial charge in [0.05, 0.1) is 7.11 Å². The van der Waals surface area contributed by atoms with Crippen LogP contribution in [-0.4, -0.2) is 18.9 Å². The van der Waals surface area contributed by atoms with Crippen molar-refractivity contribution in [2.75, 3.05) is 7.11 Å². The first kappa shape index (κ1) is 10.6. The van der Waals surface area contributed by atoms with E-state index < -0.39 is 11.6 Å². The van der Waals surface area contributed by atoms with Crippen LogP contribution in [0.25, 0.3) is 0 Å². The van der Waals surface area contributed by atoms with E-state index in [2.05, 4.69) is 4.74 Å². The van der Waals surface area contributed by atoms with Gasteiger partial charge in [0.25, 0.3) is 0 Å². The highest BCUT2D eigenvalue weighted by molar-refractivity contribution is 6.05. The molecule has 0 N–H and O–H groups in total. The van der Waals surface area contributed by atoms with Crippen LogP contribution in [-0.2, 0) is 4.74 Å². The monoisotopic (exact) mass is 222 g/mol. The van der Waals surface area contributed by atoms with Gasteiger partial charge in [-0.25, -0.2) is 9.59 Å². The van der Waals surface area contributed by atoms with Gasteiger partial charge >= 0.3 is 11.6 Å². The molecular formula is C11H10O5. The number of hydrogen-bond donors (Lipinski definition) is 0. The number of esters is 1. The van der Waals surface area contributed by atoms with Crippen LogP contribution in [0.2, 0.25) is 0 Å². The highest BCUT2D eigenvalue weighted by Gasteiger charge is 2.35. The number of methoxy groups -OCH3 is 1. The topological polar surface area (TPSA) is 73.6 Å². The van der Waals surface area contributed by atoms with Crippen LogP contribution in [0.5, 0.6) is 0 Å². The quantitative estimate of drug-likeness (QED) is 0.563. The van der Waals surface area contributed by atoms with E-state index in [0.29, 0.717) is 0 Å². The van der Waals surface area contributed by atoms with E-state index in [-0.39, 0.29) is 23.0 Å². The number of carbonyl (C=O) groups excluding carboxylic acids is 2. The van der Waals surface area contributed by atoms with E-state index in [4.69, 9.17) is 4.42 Å². The Balaban J connectivity index is 2.47. The van der Waals surface area contributed by atoms with Gasteiger partial charge in [0, 0.05) is 12.0 Å². The molecule has 5 nitrogen and oxygen atoms in total. The van der Waals surface area contributed by atoms with Gasteiger partial charge in [-0.1, -0.05) is 0 Å². The Bertz CT molecular complexity index is 495. The summed E-state index contributed by atoms with van der Waals surface area (Å²) in [4.78, 5) is 34.1. The number of carbonyl (C=O) groups is 2. The Morgan fingerprint density at radius 2 is 2.06 bits per heavy atom. The first-order valence-corrected chi connectivity index (χ1v) is 4.90. The Morgan fingerprint density at radius 3 is 2.62 bits per heavy atom. The number of rotatable bonds is 3. The van der Waals surface area contributed by atoms with Gasteiger partial charge in [-0.15, -0.1) is 0 Å². The molecule has 16 heavy (non-hydrogen) atoms. The molecule has 1 aromatic rings. The first-order chi connectivity index (χ1) is 7.63. The first-order valence-electron chi connectivity index (χ1n) is 4.90. The fourth-order valence-electron chi connectivity index (χ4n) is 1.40. The zero-order valence-corrected chi connectivity index (χ0v) is 8.69. The zero-order chi connectivity index (χ0) is 11.7. The van der Waals surface area contributed by atoms with Crippen molar-refractivity contribution in [2.24, 2.45) is 5.92 Å². The third-order valence-corrected chi connectivity index (χ3v) is 2.41. The molecule has 0 bridgehead atoms. The van der Waals surface area contributed by atoms with Gasteiger partial charge in [0.2, 0.25) is 5.78 Å². The van der Waals surface area contributed by atoms with Gasteiger partial charge in [-0.2, -0.15) is 0 Å². The van der Waals surface area contributed by atoms with Crippen molar-refractivity contribution in [1.29, 1.82) is 0 Å². The van der Waals surface area contributed by atoms with Crippen LogP contribution in [0, 0.1) is 5.92 Å². The fourth-order valence-corrected chi connectivity index (χ4v) is 1.40. The molecule has 0 spiro atoms. The average Bonchev–Trinajstić information content (AvgIpc) is 3.11. The van der Waals surface area contributed by atoms with Crippen LogP contribution in [0.3, 0.4) is 0 Å². The van der Waals surface area contributed by atoms with Crippen LogP contribution < -0.4 is 5.63 Å². The zero-order valence-electron chi connectivity index (χ0n) is 8.69. The van der Waals surface area contributed by atoms with Gasteiger partial charge in [-0.3, -0.25) is 4.79 Å². The largest absolute Gasteiger partial charge is 0.465 e. The fraction of sp³-hybridized carbons (Fsp3) is 0.364. The molecule has 84 valence electrons. The SMILES string of the molecule is COC(=O)c1ccc(=O)oc1C(=O)C1CC1. The lowest BCUT2D eigenvalue weighted by Gasteiger charge is -2.03. The van der Waals surface area contributed by atoms with Crippen LogP contribution in [0.15, 0.2) is 21.3 Å². The van der Waals surface area contributed by atoms with E-state index in [1.54, 1.807) is 0 Å². The summed E-state index contributed by atoms with van der Waals surface area (Å²) >= 11 is 0. The molecule has 0 radical (unpaired) electrons. The van der Waals surface area contributed by atoms with Crippen LogP contribution in [0.4, 0.5) is 0 Å². The van der Waals surface area contributed by atoms with Crippen molar-refractivity contribution < 1.29 is 18.7 Å². The molecule has 2 rings (SSSR count). The standard InChI is InChI=1S/C11H10O5/c1-15-11(14)7-4-5-8(12)16-10(7)9(13)6-2-3-6/h4-6H,2-3H2,1H3. The van der Waals surface area contributed by atoms with Gasteiger partial charge in [0.1, 0.15) is 5.56 Å². The molecule has 0 aromatic carbocycles. The van der Waals surface area contributed by atoms with Crippen molar-refractivity contribution in [3.63, 3.8) is 0 Å². The third-order valence-electron chi connectivity index (χ3n) is 2.41. The van der Waals surface area contributed by atoms with Crippen molar-refractivity contribution in [3.8, 4) is 0 Å². The molecule has 1 aromatic heterocycles. The Labute approximate surface area is 91.0 Å². The summed E-state index contributed by atoms with van der Waals surface area (Å²) in [6.07, 6.45) is 1.55. The molecule has 1 fully saturated rings. The van der Waals surface area contributed by atoms with Gasteiger partial charge in [-0.05, 0) is 18.9 Å². The smallest absolute Gasteiger partial charge is 0.341 e. The van der Waals surface area contributed by atoms with Gasteiger partial charge < -0.3 is 9.15 Å². The molecule has 1 heterocycles. The van der Waals surface area contributed by atoms with Crippen molar-refractivity contribution >= 4 is 11.8 Å². The molecular weight excluding hydrogens is 212 g/mol. The van der Waals surface area contributed by atoms with Crippen LogP contribution in [0.1, 0.15) is 33.8 Å². The summed E-state index contributed by atoms with van der Waals surface area (Å²) in [5, 5.41) is 0. The highest BCUT2D eigenvalue weighted by Crippen LogP contribution is 2.33. The minimum Gasteiger partial charge on any atom is -0.465 e.